The highest BCUT2D eigenvalue weighted by atomic mass is 16.5. The summed E-state index contributed by atoms with van der Waals surface area (Å²) in [6.07, 6.45) is 4.07. The molecular weight excluding hydrogens is 188 g/mol. The molecule has 1 saturated heterocycles. The highest BCUT2D eigenvalue weighted by molar-refractivity contribution is 4.77. The van der Waals surface area contributed by atoms with Crippen LogP contribution in [-0.4, -0.2) is 50.3 Å². The molecule has 0 aliphatic carbocycles. The molecule has 0 radical (unpaired) electrons. The van der Waals surface area contributed by atoms with Crippen LogP contribution in [0.3, 0.4) is 0 Å². The van der Waals surface area contributed by atoms with E-state index in [0.717, 1.165) is 39.3 Å². The SMILES string of the molecule is C=CCCOCCN1CCNC(CC)C1. The molecule has 88 valence electrons. The van der Waals surface area contributed by atoms with Crippen LogP contribution in [0.2, 0.25) is 0 Å². The van der Waals surface area contributed by atoms with E-state index in [-0.39, 0.29) is 0 Å². The lowest BCUT2D eigenvalue weighted by atomic mass is 10.1. The monoisotopic (exact) mass is 212 g/mol. The van der Waals surface area contributed by atoms with E-state index in [2.05, 4.69) is 23.7 Å². The smallest absolute Gasteiger partial charge is 0.0593 e. The second-order valence-electron chi connectivity index (χ2n) is 4.05. The van der Waals surface area contributed by atoms with Crippen LogP contribution < -0.4 is 5.32 Å². The van der Waals surface area contributed by atoms with Gasteiger partial charge in [-0.3, -0.25) is 4.90 Å². The maximum Gasteiger partial charge on any atom is 0.0593 e. The second-order valence-corrected chi connectivity index (χ2v) is 4.05. The van der Waals surface area contributed by atoms with Crippen molar-refractivity contribution in [3.8, 4) is 0 Å². The number of hydrogen-bond donors (Lipinski definition) is 1. The molecule has 0 bridgehead atoms. The first kappa shape index (κ1) is 12.7. The number of piperazine rings is 1. The average molecular weight is 212 g/mol. The highest BCUT2D eigenvalue weighted by Crippen LogP contribution is 2.01. The molecule has 1 fully saturated rings. The number of rotatable bonds is 7. The third-order valence-electron chi connectivity index (χ3n) is 2.85. The Morgan fingerprint density at radius 3 is 3.13 bits per heavy atom. The van der Waals surface area contributed by atoms with Gasteiger partial charge in [0.2, 0.25) is 0 Å². The minimum atomic E-state index is 0.673. The summed E-state index contributed by atoms with van der Waals surface area (Å²) >= 11 is 0. The van der Waals surface area contributed by atoms with Crippen LogP contribution in [-0.2, 0) is 4.74 Å². The molecule has 1 heterocycles. The lowest BCUT2D eigenvalue weighted by Crippen LogP contribution is -2.51. The van der Waals surface area contributed by atoms with Gasteiger partial charge in [-0.1, -0.05) is 13.0 Å². The first-order chi connectivity index (χ1) is 7.36. The lowest BCUT2D eigenvalue weighted by molar-refractivity contribution is 0.0939. The average Bonchev–Trinajstić information content (AvgIpc) is 2.29. The van der Waals surface area contributed by atoms with Gasteiger partial charge < -0.3 is 10.1 Å². The van der Waals surface area contributed by atoms with Gasteiger partial charge in [0.25, 0.3) is 0 Å². The predicted octanol–water partition coefficient (Wildman–Crippen LogP) is 1.26. The van der Waals surface area contributed by atoms with Gasteiger partial charge in [0, 0.05) is 32.2 Å². The van der Waals surface area contributed by atoms with Gasteiger partial charge in [0.05, 0.1) is 13.2 Å². The van der Waals surface area contributed by atoms with Gasteiger partial charge in [-0.25, -0.2) is 0 Å². The van der Waals surface area contributed by atoms with E-state index in [1.54, 1.807) is 0 Å². The first-order valence-corrected chi connectivity index (χ1v) is 6.01. The van der Waals surface area contributed by atoms with Crippen LogP contribution in [0.1, 0.15) is 19.8 Å². The summed E-state index contributed by atoms with van der Waals surface area (Å²) in [6, 6.07) is 0.673. The Labute approximate surface area is 93.5 Å². The molecular formula is C12H24N2O. The summed E-state index contributed by atoms with van der Waals surface area (Å²) < 4.78 is 5.51. The Balaban J connectivity index is 2.02. The van der Waals surface area contributed by atoms with Gasteiger partial charge in [-0.2, -0.15) is 0 Å². The van der Waals surface area contributed by atoms with Crippen molar-refractivity contribution >= 4 is 0 Å². The molecule has 0 aromatic heterocycles. The van der Waals surface area contributed by atoms with Gasteiger partial charge in [-0.05, 0) is 12.8 Å². The number of hydrogen-bond acceptors (Lipinski definition) is 3. The van der Waals surface area contributed by atoms with Crippen molar-refractivity contribution in [2.45, 2.75) is 25.8 Å². The number of ether oxygens (including phenoxy) is 1. The molecule has 1 atom stereocenters. The van der Waals surface area contributed by atoms with Crippen molar-refractivity contribution in [1.29, 1.82) is 0 Å². The zero-order chi connectivity index (χ0) is 10.9. The highest BCUT2D eigenvalue weighted by Gasteiger charge is 2.16. The Kier molecular flexibility index (Phi) is 6.64. The number of nitrogens with zero attached hydrogens (tertiary/aromatic N) is 1. The second kappa shape index (κ2) is 7.85. The van der Waals surface area contributed by atoms with E-state index in [1.165, 1.54) is 13.0 Å². The molecule has 1 aliphatic heterocycles. The van der Waals surface area contributed by atoms with Crippen LogP contribution >= 0.6 is 0 Å². The fraction of sp³-hybridized carbons (Fsp3) is 0.833. The molecule has 1 aliphatic rings. The minimum absolute atomic E-state index is 0.673. The van der Waals surface area contributed by atoms with E-state index in [0.29, 0.717) is 6.04 Å². The Hall–Kier alpha value is -0.380. The summed E-state index contributed by atoms with van der Waals surface area (Å²) in [6.45, 7) is 12.1. The molecule has 0 amide bonds. The van der Waals surface area contributed by atoms with Crippen molar-refractivity contribution < 1.29 is 4.74 Å². The normalized spacial score (nSPS) is 22.9. The van der Waals surface area contributed by atoms with E-state index in [9.17, 15) is 0 Å². The molecule has 3 heteroatoms. The van der Waals surface area contributed by atoms with Crippen LogP contribution in [0, 0.1) is 0 Å². The maximum atomic E-state index is 5.51. The van der Waals surface area contributed by atoms with E-state index >= 15 is 0 Å². The summed E-state index contributed by atoms with van der Waals surface area (Å²) in [5.74, 6) is 0. The maximum absolute atomic E-state index is 5.51. The molecule has 1 unspecified atom stereocenters. The number of nitrogens with one attached hydrogen (secondary N) is 1. The zero-order valence-electron chi connectivity index (χ0n) is 9.87. The third kappa shape index (κ3) is 5.30. The van der Waals surface area contributed by atoms with Crippen LogP contribution in [0.4, 0.5) is 0 Å². The predicted molar refractivity (Wildman–Crippen MR) is 64.2 cm³/mol. The van der Waals surface area contributed by atoms with Crippen molar-refractivity contribution in [1.82, 2.24) is 10.2 Å². The molecule has 0 saturated carbocycles. The fourth-order valence-corrected chi connectivity index (χ4v) is 1.83. The summed E-state index contributed by atoms with van der Waals surface area (Å²) in [4.78, 5) is 2.48. The summed E-state index contributed by atoms with van der Waals surface area (Å²) in [5.41, 5.74) is 0. The molecule has 0 aromatic carbocycles. The Morgan fingerprint density at radius 2 is 2.40 bits per heavy atom. The van der Waals surface area contributed by atoms with E-state index < -0.39 is 0 Å². The van der Waals surface area contributed by atoms with Crippen LogP contribution in [0.15, 0.2) is 12.7 Å². The standard InChI is InChI=1S/C12H24N2O/c1-3-5-9-15-10-8-14-7-6-13-12(4-2)11-14/h3,12-13H,1,4-11H2,2H3. The molecule has 1 N–H and O–H groups in total. The molecule has 1 rings (SSSR count). The Bertz CT molecular complexity index is 173. The quantitative estimate of drug-likeness (QED) is 0.508. The molecule has 0 aromatic rings. The van der Waals surface area contributed by atoms with Gasteiger partial charge in [-0.15, -0.1) is 6.58 Å². The lowest BCUT2D eigenvalue weighted by Gasteiger charge is -2.33. The van der Waals surface area contributed by atoms with Gasteiger partial charge in [0.15, 0.2) is 0 Å². The van der Waals surface area contributed by atoms with Gasteiger partial charge in [0.1, 0.15) is 0 Å². The topological polar surface area (TPSA) is 24.5 Å². The molecule has 0 spiro atoms. The fourth-order valence-electron chi connectivity index (χ4n) is 1.83. The third-order valence-corrected chi connectivity index (χ3v) is 2.85. The summed E-state index contributed by atoms with van der Waals surface area (Å²) in [7, 11) is 0. The van der Waals surface area contributed by atoms with Crippen molar-refractivity contribution in [3.63, 3.8) is 0 Å². The van der Waals surface area contributed by atoms with Crippen LogP contribution in [0.5, 0.6) is 0 Å². The molecule has 3 nitrogen and oxygen atoms in total. The van der Waals surface area contributed by atoms with Crippen molar-refractivity contribution in [2.24, 2.45) is 0 Å². The Morgan fingerprint density at radius 1 is 1.53 bits per heavy atom. The minimum Gasteiger partial charge on any atom is -0.380 e. The van der Waals surface area contributed by atoms with Crippen molar-refractivity contribution in [2.75, 3.05) is 39.4 Å². The zero-order valence-corrected chi connectivity index (χ0v) is 9.87. The first-order valence-electron chi connectivity index (χ1n) is 6.01. The van der Waals surface area contributed by atoms with E-state index in [1.807, 2.05) is 6.08 Å². The van der Waals surface area contributed by atoms with Crippen molar-refractivity contribution in [3.05, 3.63) is 12.7 Å². The molecule has 15 heavy (non-hydrogen) atoms. The van der Waals surface area contributed by atoms with Crippen LogP contribution in [0.25, 0.3) is 0 Å². The van der Waals surface area contributed by atoms with Gasteiger partial charge >= 0.3 is 0 Å². The largest absolute Gasteiger partial charge is 0.380 e. The van der Waals surface area contributed by atoms with E-state index in [4.69, 9.17) is 4.74 Å². The summed E-state index contributed by atoms with van der Waals surface area (Å²) in [5, 5.41) is 3.51.